The van der Waals surface area contributed by atoms with Gasteiger partial charge in [-0.1, -0.05) is 25.5 Å². The second-order valence-corrected chi connectivity index (χ2v) is 9.58. The van der Waals surface area contributed by atoms with E-state index in [-0.39, 0.29) is 41.3 Å². The van der Waals surface area contributed by atoms with E-state index in [0.29, 0.717) is 25.7 Å². The molecule has 3 N–H and O–H groups in total. The number of allylic oxidation sites excluding steroid dienone is 1. The van der Waals surface area contributed by atoms with E-state index in [4.69, 9.17) is 0 Å². The zero-order valence-electron chi connectivity index (χ0n) is 15.9. The molecule has 5 heteroatoms. The first-order chi connectivity index (χ1) is 12.1. The quantitative estimate of drug-likeness (QED) is 0.618. The minimum atomic E-state index is -1.66. The topological polar surface area (TPSA) is 94.8 Å². The molecular formula is C21H30O5. The highest BCUT2D eigenvalue weighted by Gasteiger charge is 2.73. The molecule has 0 radical (unpaired) electrons. The van der Waals surface area contributed by atoms with Crippen molar-refractivity contribution in [1.29, 1.82) is 0 Å². The average Bonchev–Trinajstić information content (AvgIpc) is 2.79. The number of aliphatic hydroxyl groups excluding tert-OH is 2. The van der Waals surface area contributed by atoms with Gasteiger partial charge in [-0.15, -0.1) is 0 Å². The number of fused-ring (bicyclic) bond motifs is 5. The summed E-state index contributed by atoms with van der Waals surface area (Å²) in [5, 5.41) is 32.9. The van der Waals surface area contributed by atoms with Crippen LogP contribution in [0.4, 0.5) is 0 Å². The van der Waals surface area contributed by atoms with Crippen LogP contribution in [0.15, 0.2) is 11.6 Å². The lowest BCUT2D eigenvalue weighted by Crippen LogP contribution is -2.68. The van der Waals surface area contributed by atoms with Gasteiger partial charge >= 0.3 is 0 Å². The SMILES string of the molecule is CC(=O)[C@H]1CC(=O)[C@]2(O)[C@@H]3CC=C4C[C@@H](O)CC[C@]4(C)[C@@H]3C[C@@H](O)[C@]12C. The molecule has 4 aliphatic rings. The molecule has 0 aliphatic heterocycles. The Kier molecular flexibility index (Phi) is 3.87. The molecule has 4 aliphatic carbocycles. The summed E-state index contributed by atoms with van der Waals surface area (Å²) in [5.74, 6) is -1.34. The minimum absolute atomic E-state index is 0.0160. The van der Waals surface area contributed by atoms with Crippen molar-refractivity contribution >= 4 is 11.6 Å². The molecule has 0 unspecified atom stereocenters. The maximum Gasteiger partial charge on any atom is 0.166 e. The van der Waals surface area contributed by atoms with E-state index >= 15 is 0 Å². The number of rotatable bonds is 1. The van der Waals surface area contributed by atoms with Gasteiger partial charge in [0.25, 0.3) is 0 Å². The van der Waals surface area contributed by atoms with Gasteiger partial charge in [0.1, 0.15) is 11.4 Å². The van der Waals surface area contributed by atoms with E-state index in [1.807, 2.05) is 0 Å². The highest BCUT2D eigenvalue weighted by atomic mass is 16.3. The first-order valence-electron chi connectivity index (χ1n) is 9.88. The third kappa shape index (κ3) is 1.97. The Balaban J connectivity index is 1.82. The lowest BCUT2D eigenvalue weighted by atomic mass is 9.44. The molecule has 0 spiro atoms. The van der Waals surface area contributed by atoms with Gasteiger partial charge in [0.15, 0.2) is 5.78 Å². The standard InChI is InChI=1S/C21H30O5/c1-11(22)15-9-18(25)21(26)14-5-4-12-8-13(23)6-7-19(12,2)16(14)10-17(24)20(15,21)3/h4,13-17,23-24,26H,5-10H2,1-3H3/t13-,14+,15+,16+,17+,19-,20-,21+/m0/s1. The summed E-state index contributed by atoms with van der Waals surface area (Å²) in [6.45, 7) is 5.34. The molecule has 0 aromatic rings. The van der Waals surface area contributed by atoms with Crippen molar-refractivity contribution < 1.29 is 24.9 Å². The van der Waals surface area contributed by atoms with E-state index in [1.165, 1.54) is 12.5 Å². The molecule has 8 atom stereocenters. The Hall–Kier alpha value is -1.04. The first-order valence-corrected chi connectivity index (χ1v) is 9.88. The fourth-order valence-corrected chi connectivity index (χ4v) is 6.98. The third-order valence-corrected chi connectivity index (χ3v) is 8.66. The summed E-state index contributed by atoms with van der Waals surface area (Å²) >= 11 is 0. The van der Waals surface area contributed by atoms with Gasteiger partial charge in [-0.05, 0) is 50.4 Å². The van der Waals surface area contributed by atoms with Gasteiger partial charge in [-0.25, -0.2) is 0 Å². The van der Waals surface area contributed by atoms with Crippen LogP contribution in [0.25, 0.3) is 0 Å². The van der Waals surface area contributed by atoms with Crippen LogP contribution in [-0.2, 0) is 9.59 Å². The number of aliphatic hydroxyl groups is 3. The number of ketones is 2. The van der Waals surface area contributed by atoms with Crippen molar-refractivity contribution in [3.05, 3.63) is 11.6 Å². The van der Waals surface area contributed by atoms with E-state index in [9.17, 15) is 24.9 Å². The maximum atomic E-state index is 13.0. The van der Waals surface area contributed by atoms with Crippen LogP contribution < -0.4 is 0 Å². The van der Waals surface area contributed by atoms with Crippen LogP contribution >= 0.6 is 0 Å². The summed E-state index contributed by atoms with van der Waals surface area (Å²) < 4.78 is 0. The zero-order valence-corrected chi connectivity index (χ0v) is 15.9. The zero-order chi connectivity index (χ0) is 19.1. The Morgan fingerprint density at radius 3 is 2.54 bits per heavy atom. The van der Waals surface area contributed by atoms with E-state index in [0.717, 1.165) is 6.42 Å². The molecule has 4 rings (SSSR count). The molecule has 0 amide bonds. The number of Topliss-reactive ketones (excluding diaryl/α,β-unsaturated/α-hetero) is 2. The molecule has 3 saturated carbocycles. The highest BCUT2D eigenvalue weighted by Crippen LogP contribution is 2.66. The molecule has 0 aromatic heterocycles. The van der Waals surface area contributed by atoms with Gasteiger partial charge in [0.05, 0.1) is 12.2 Å². The van der Waals surface area contributed by atoms with E-state index in [1.54, 1.807) is 6.92 Å². The van der Waals surface area contributed by atoms with Crippen molar-refractivity contribution in [3.63, 3.8) is 0 Å². The molecule has 0 bridgehead atoms. The minimum Gasteiger partial charge on any atom is -0.393 e. The van der Waals surface area contributed by atoms with Crippen molar-refractivity contribution in [2.45, 2.75) is 77.1 Å². The number of carbonyl (C=O) groups is 2. The predicted molar refractivity (Wildman–Crippen MR) is 95.1 cm³/mol. The highest BCUT2D eigenvalue weighted by molar-refractivity contribution is 5.98. The second kappa shape index (κ2) is 5.49. The fourth-order valence-electron chi connectivity index (χ4n) is 6.98. The van der Waals surface area contributed by atoms with Crippen molar-refractivity contribution in [2.75, 3.05) is 0 Å². The summed E-state index contributed by atoms with van der Waals surface area (Å²) in [5.41, 5.74) is -1.79. The summed E-state index contributed by atoms with van der Waals surface area (Å²) in [7, 11) is 0. The van der Waals surface area contributed by atoms with Gasteiger partial charge in [-0.3, -0.25) is 9.59 Å². The normalized spacial score (nSPS) is 53.4. The van der Waals surface area contributed by atoms with E-state index in [2.05, 4.69) is 13.0 Å². The number of carbonyl (C=O) groups excluding carboxylic acids is 2. The maximum absolute atomic E-state index is 13.0. The van der Waals surface area contributed by atoms with Crippen LogP contribution in [0, 0.1) is 28.6 Å². The molecule has 144 valence electrons. The van der Waals surface area contributed by atoms with Crippen molar-refractivity contribution in [3.8, 4) is 0 Å². The third-order valence-electron chi connectivity index (χ3n) is 8.66. The molecule has 0 heterocycles. The second-order valence-electron chi connectivity index (χ2n) is 9.58. The Morgan fingerprint density at radius 2 is 1.88 bits per heavy atom. The van der Waals surface area contributed by atoms with Gasteiger partial charge < -0.3 is 15.3 Å². The smallest absolute Gasteiger partial charge is 0.166 e. The van der Waals surface area contributed by atoms with Crippen molar-refractivity contribution in [2.24, 2.45) is 28.6 Å². The van der Waals surface area contributed by atoms with Gasteiger partial charge in [0.2, 0.25) is 0 Å². The Bertz CT molecular complexity index is 699. The Labute approximate surface area is 154 Å². The fraction of sp³-hybridized carbons (Fsp3) is 0.810. The van der Waals surface area contributed by atoms with Crippen LogP contribution in [0.1, 0.15) is 59.3 Å². The largest absolute Gasteiger partial charge is 0.393 e. The average molecular weight is 362 g/mol. The molecule has 5 nitrogen and oxygen atoms in total. The molecule has 0 saturated heterocycles. The molecular weight excluding hydrogens is 332 g/mol. The van der Waals surface area contributed by atoms with E-state index < -0.39 is 23.0 Å². The molecule has 0 aromatic carbocycles. The van der Waals surface area contributed by atoms with Crippen LogP contribution in [0.3, 0.4) is 0 Å². The molecule has 3 fully saturated rings. The monoisotopic (exact) mass is 362 g/mol. The van der Waals surface area contributed by atoms with Crippen LogP contribution in [0.2, 0.25) is 0 Å². The van der Waals surface area contributed by atoms with Gasteiger partial charge in [-0.2, -0.15) is 0 Å². The van der Waals surface area contributed by atoms with Crippen LogP contribution in [0.5, 0.6) is 0 Å². The van der Waals surface area contributed by atoms with Gasteiger partial charge in [0, 0.05) is 23.7 Å². The Morgan fingerprint density at radius 1 is 1.19 bits per heavy atom. The van der Waals surface area contributed by atoms with Crippen LogP contribution in [-0.4, -0.2) is 44.7 Å². The number of hydrogen-bond donors (Lipinski definition) is 3. The molecule has 26 heavy (non-hydrogen) atoms. The summed E-state index contributed by atoms with van der Waals surface area (Å²) in [6.07, 6.45) is 4.10. The summed E-state index contributed by atoms with van der Waals surface area (Å²) in [4.78, 5) is 25.2. The lowest BCUT2D eigenvalue weighted by Gasteiger charge is -2.61. The summed E-state index contributed by atoms with van der Waals surface area (Å²) in [6, 6.07) is 0. The predicted octanol–water partition coefficient (Wildman–Crippen LogP) is 1.78. The lowest BCUT2D eigenvalue weighted by molar-refractivity contribution is -0.219. The number of hydrogen-bond acceptors (Lipinski definition) is 5. The first kappa shape index (κ1) is 18.3. The van der Waals surface area contributed by atoms with Crippen molar-refractivity contribution in [1.82, 2.24) is 0 Å².